The van der Waals surface area contributed by atoms with E-state index in [0.29, 0.717) is 32.1 Å². The van der Waals surface area contributed by atoms with Gasteiger partial charge in [-0.2, -0.15) is 0 Å². The summed E-state index contributed by atoms with van der Waals surface area (Å²) in [5, 5.41) is 20.7. The normalized spacial score (nSPS) is 20.7. The molecule has 1 aliphatic carbocycles. The van der Waals surface area contributed by atoms with Crippen molar-refractivity contribution in [1.82, 2.24) is 10.8 Å². The number of carboxylic acid groups (broad SMARTS) is 1. The molecule has 1 unspecified atom stereocenters. The fraction of sp³-hybridized carbons (Fsp3) is 0.500. The number of carboxylic acids is 1. The number of hydrogen-bond donors (Lipinski definition) is 4. The van der Waals surface area contributed by atoms with Gasteiger partial charge < -0.3 is 10.4 Å². The van der Waals surface area contributed by atoms with Gasteiger partial charge in [-0.15, -0.1) is 0 Å². The van der Waals surface area contributed by atoms with E-state index in [0.717, 1.165) is 12.0 Å². The van der Waals surface area contributed by atoms with Crippen molar-refractivity contribution in [2.75, 3.05) is 0 Å². The summed E-state index contributed by atoms with van der Waals surface area (Å²) in [6.07, 6.45) is 3.40. The van der Waals surface area contributed by atoms with Crippen molar-refractivity contribution >= 4 is 17.8 Å². The fourth-order valence-electron chi connectivity index (χ4n) is 3.35. The number of nitrogens with one attached hydrogen (secondary N) is 2. The minimum absolute atomic E-state index is 0.359. The van der Waals surface area contributed by atoms with Crippen LogP contribution in [0, 0.1) is 11.8 Å². The van der Waals surface area contributed by atoms with Gasteiger partial charge in [-0.3, -0.25) is 19.6 Å². The van der Waals surface area contributed by atoms with Crippen LogP contribution in [-0.2, 0) is 20.8 Å². The third-order valence-electron chi connectivity index (χ3n) is 4.71. The molecule has 4 N–H and O–H groups in total. The van der Waals surface area contributed by atoms with Crippen LogP contribution in [0.5, 0.6) is 0 Å². The summed E-state index contributed by atoms with van der Waals surface area (Å²) in [7, 11) is 0. The van der Waals surface area contributed by atoms with E-state index in [1.165, 1.54) is 0 Å². The first-order valence-electron chi connectivity index (χ1n) is 8.54. The summed E-state index contributed by atoms with van der Waals surface area (Å²) in [5.74, 6) is -3.43. The second kappa shape index (κ2) is 9.17. The smallest absolute Gasteiger partial charge is 0.307 e. The van der Waals surface area contributed by atoms with Crippen LogP contribution in [-0.4, -0.2) is 34.1 Å². The Hall–Kier alpha value is -2.41. The molecular formula is C18H24N2O5. The lowest BCUT2D eigenvalue weighted by atomic mass is 9.94. The van der Waals surface area contributed by atoms with Gasteiger partial charge in [0.2, 0.25) is 5.91 Å². The number of amides is 2. The Kier molecular flexibility index (Phi) is 6.94. The number of carbonyl (C=O) groups excluding carboxylic acids is 2. The molecule has 1 aromatic rings. The standard InChI is InChI=1S/C18H24N2O5/c21-16(13-9-5-10-14(13)18(23)24)19-15(17(22)20-25)11-4-8-12-6-2-1-3-7-12/h1-3,6-7,13-15,25H,4-5,8-11H2,(H,19,21)(H,20,22)(H,23,24)/t13-,14+,15?/m0/s1. The molecule has 1 fully saturated rings. The van der Waals surface area contributed by atoms with Gasteiger partial charge >= 0.3 is 5.97 Å². The predicted molar refractivity (Wildman–Crippen MR) is 89.7 cm³/mol. The van der Waals surface area contributed by atoms with Gasteiger partial charge in [0.1, 0.15) is 6.04 Å². The van der Waals surface area contributed by atoms with Gasteiger partial charge in [0, 0.05) is 0 Å². The molecule has 1 saturated carbocycles. The summed E-state index contributed by atoms with van der Waals surface area (Å²) in [6.45, 7) is 0. The number of aliphatic carboxylic acids is 1. The van der Waals surface area contributed by atoms with Crippen molar-refractivity contribution in [2.45, 2.75) is 44.6 Å². The average Bonchev–Trinajstić information content (AvgIpc) is 3.11. The Morgan fingerprint density at radius 3 is 2.44 bits per heavy atom. The molecule has 0 bridgehead atoms. The SMILES string of the molecule is O=C(NO)C(CCCc1ccccc1)NC(=O)[C@H]1CCC[C@H]1C(=O)O. The molecule has 0 heterocycles. The molecule has 0 saturated heterocycles. The van der Waals surface area contributed by atoms with Crippen molar-refractivity contribution in [2.24, 2.45) is 11.8 Å². The van der Waals surface area contributed by atoms with E-state index < -0.39 is 35.7 Å². The van der Waals surface area contributed by atoms with E-state index in [1.807, 2.05) is 30.3 Å². The summed E-state index contributed by atoms with van der Waals surface area (Å²) in [4.78, 5) is 35.4. The molecule has 1 aliphatic rings. The van der Waals surface area contributed by atoms with Gasteiger partial charge in [0.15, 0.2) is 0 Å². The molecule has 0 aromatic heterocycles. The number of hydroxylamine groups is 1. The topological polar surface area (TPSA) is 116 Å². The van der Waals surface area contributed by atoms with Crippen LogP contribution >= 0.6 is 0 Å². The van der Waals surface area contributed by atoms with E-state index in [2.05, 4.69) is 5.32 Å². The first kappa shape index (κ1) is 18.9. The molecule has 136 valence electrons. The van der Waals surface area contributed by atoms with Crippen molar-refractivity contribution in [3.8, 4) is 0 Å². The van der Waals surface area contributed by atoms with Crippen LogP contribution in [0.4, 0.5) is 0 Å². The summed E-state index contributed by atoms with van der Waals surface area (Å²) < 4.78 is 0. The third kappa shape index (κ3) is 5.29. The van der Waals surface area contributed by atoms with Gasteiger partial charge in [0.05, 0.1) is 11.8 Å². The molecule has 0 radical (unpaired) electrons. The van der Waals surface area contributed by atoms with Gasteiger partial charge in [-0.1, -0.05) is 36.8 Å². The molecule has 2 rings (SSSR count). The Bertz CT molecular complexity index is 605. The maximum atomic E-state index is 12.4. The van der Waals surface area contributed by atoms with Crippen LogP contribution < -0.4 is 10.8 Å². The number of rotatable bonds is 8. The summed E-state index contributed by atoms with van der Waals surface area (Å²) in [6, 6.07) is 8.87. The van der Waals surface area contributed by atoms with Crippen LogP contribution in [0.15, 0.2) is 30.3 Å². The maximum Gasteiger partial charge on any atom is 0.307 e. The lowest BCUT2D eigenvalue weighted by Gasteiger charge is -2.21. The number of aryl methyl sites for hydroxylation is 1. The van der Waals surface area contributed by atoms with Crippen LogP contribution in [0.1, 0.15) is 37.7 Å². The molecule has 1 aromatic carbocycles. The molecule has 7 nitrogen and oxygen atoms in total. The summed E-state index contributed by atoms with van der Waals surface area (Å²) >= 11 is 0. The van der Waals surface area contributed by atoms with Crippen molar-refractivity contribution in [3.63, 3.8) is 0 Å². The number of benzene rings is 1. The van der Waals surface area contributed by atoms with Crippen molar-refractivity contribution < 1.29 is 24.7 Å². The largest absolute Gasteiger partial charge is 0.481 e. The Labute approximate surface area is 146 Å². The van der Waals surface area contributed by atoms with E-state index >= 15 is 0 Å². The highest BCUT2D eigenvalue weighted by atomic mass is 16.5. The second-order valence-electron chi connectivity index (χ2n) is 6.40. The minimum Gasteiger partial charge on any atom is -0.481 e. The molecule has 25 heavy (non-hydrogen) atoms. The highest BCUT2D eigenvalue weighted by Crippen LogP contribution is 2.32. The molecular weight excluding hydrogens is 324 g/mol. The molecule has 2 amide bonds. The number of carbonyl (C=O) groups is 3. The molecule has 7 heteroatoms. The van der Waals surface area contributed by atoms with E-state index in [-0.39, 0.29) is 0 Å². The van der Waals surface area contributed by atoms with Crippen molar-refractivity contribution in [1.29, 1.82) is 0 Å². The van der Waals surface area contributed by atoms with Crippen molar-refractivity contribution in [3.05, 3.63) is 35.9 Å². The zero-order valence-electron chi connectivity index (χ0n) is 14.0. The third-order valence-corrected chi connectivity index (χ3v) is 4.71. The highest BCUT2D eigenvalue weighted by molar-refractivity contribution is 5.90. The number of hydrogen-bond acceptors (Lipinski definition) is 4. The van der Waals surface area contributed by atoms with Gasteiger partial charge in [0.25, 0.3) is 5.91 Å². The Morgan fingerprint density at radius 1 is 1.12 bits per heavy atom. The van der Waals surface area contributed by atoms with Crippen LogP contribution in [0.2, 0.25) is 0 Å². The first-order valence-corrected chi connectivity index (χ1v) is 8.54. The zero-order chi connectivity index (χ0) is 18.2. The fourth-order valence-corrected chi connectivity index (χ4v) is 3.35. The van der Waals surface area contributed by atoms with E-state index in [4.69, 9.17) is 5.21 Å². The highest BCUT2D eigenvalue weighted by Gasteiger charge is 2.38. The molecule has 0 spiro atoms. The monoisotopic (exact) mass is 348 g/mol. The summed E-state index contributed by atoms with van der Waals surface area (Å²) in [5.41, 5.74) is 2.70. The van der Waals surface area contributed by atoms with Gasteiger partial charge in [-0.25, -0.2) is 5.48 Å². The quantitative estimate of drug-likeness (QED) is 0.420. The molecule has 0 aliphatic heterocycles. The minimum atomic E-state index is -0.982. The lowest BCUT2D eigenvalue weighted by molar-refractivity contribution is -0.146. The van der Waals surface area contributed by atoms with Crippen LogP contribution in [0.25, 0.3) is 0 Å². The molecule has 3 atom stereocenters. The van der Waals surface area contributed by atoms with E-state index in [9.17, 15) is 19.5 Å². The Morgan fingerprint density at radius 2 is 1.80 bits per heavy atom. The predicted octanol–water partition coefficient (Wildman–Crippen LogP) is 1.50. The lowest BCUT2D eigenvalue weighted by Crippen LogP contribution is -2.48. The Balaban J connectivity index is 1.92. The second-order valence-corrected chi connectivity index (χ2v) is 6.40. The van der Waals surface area contributed by atoms with Crippen LogP contribution in [0.3, 0.4) is 0 Å². The van der Waals surface area contributed by atoms with Gasteiger partial charge in [-0.05, 0) is 37.7 Å². The first-order chi connectivity index (χ1) is 12.0. The zero-order valence-corrected chi connectivity index (χ0v) is 14.0. The van der Waals surface area contributed by atoms with E-state index in [1.54, 1.807) is 5.48 Å². The average molecular weight is 348 g/mol. The maximum absolute atomic E-state index is 12.4.